The summed E-state index contributed by atoms with van der Waals surface area (Å²) in [6.45, 7) is 0. The third kappa shape index (κ3) is 3.46. The molecule has 7 rings (SSSR count). The van der Waals surface area contributed by atoms with Crippen molar-refractivity contribution in [3.8, 4) is 11.5 Å². The normalized spacial score (nSPS) is 21.2. The molecule has 0 N–H and O–H groups in total. The molecule has 3 atom stereocenters. The van der Waals surface area contributed by atoms with Crippen LogP contribution in [-0.4, -0.2) is 43.7 Å². The number of anilines is 1. The lowest BCUT2D eigenvalue weighted by molar-refractivity contribution is 0.0666. The van der Waals surface area contributed by atoms with Gasteiger partial charge in [-0.25, -0.2) is 4.39 Å². The lowest BCUT2D eigenvalue weighted by atomic mass is 9.64. The second-order valence-electron chi connectivity index (χ2n) is 10.8. The zero-order valence-electron chi connectivity index (χ0n) is 22.9. The highest BCUT2D eigenvalue weighted by Gasteiger charge is 2.71. The highest BCUT2D eigenvalue weighted by molar-refractivity contribution is 6.32. The summed E-state index contributed by atoms with van der Waals surface area (Å²) in [5, 5.41) is 0. The smallest absolute Gasteiger partial charge is 0.186 e. The van der Waals surface area contributed by atoms with Gasteiger partial charge < -0.3 is 14.4 Å². The van der Waals surface area contributed by atoms with Crippen molar-refractivity contribution in [3.63, 3.8) is 0 Å². The predicted octanol–water partition coefficient (Wildman–Crippen LogP) is 6.16. The lowest BCUT2D eigenvalue weighted by Crippen LogP contribution is -2.48. The van der Waals surface area contributed by atoms with E-state index in [1.165, 1.54) is 19.2 Å². The number of hydrogen-bond acceptors (Lipinski definition) is 6. The highest BCUT2D eigenvalue weighted by Crippen LogP contribution is 2.61. The number of ether oxygens (including phenoxy) is 2. The minimum atomic E-state index is -1.64. The van der Waals surface area contributed by atoms with Gasteiger partial charge in [0.15, 0.2) is 17.3 Å². The topological polar surface area (TPSA) is 72.9 Å². The Morgan fingerprint density at radius 3 is 2.17 bits per heavy atom. The average molecular weight is 560 g/mol. The van der Waals surface area contributed by atoms with E-state index in [0.29, 0.717) is 45.0 Å². The van der Waals surface area contributed by atoms with Crippen molar-refractivity contribution in [1.29, 1.82) is 0 Å². The molecule has 0 aromatic heterocycles. The number of methoxy groups -OCH3 is 2. The van der Waals surface area contributed by atoms with Crippen LogP contribution in [0.2, 0.25) is 0 Å². The lowest BCUT2D eigenvalue weighted by Gasteiger charge is -2.37. The molecule has 4 aromatic rings. The third-order valence-electron chi connectivity index (χ3n) is 8.86. The molecule has 3 aliphatic rings. The first-order valence-corrected chi connectivity index (χ1v) is 13.7. The zero-order chi connectivity index (χ0) is 29.2. The molecule has 1 saturated heterocycles. The summed E-state index contributed by atoms with van der Waals surface area (Å²) in [4.78, 5) is 45.9. The summed E-state index contributed by atoms with van der Waals surface area (Å²) in [6, 6.07) is 23.4. The standard InChI is InChI=1S/C35H26FNO5/c1-41-24-14-10-20(11-15-24)30-31(32(38)22-6-5-7-25(19-22)42-2)37-28-16-13-23(36)18-21(28)12-17-29(37)35(30)33(39)26-8-3-4-9-27(26)34(35)40/h3-19,29-31H,1-2H3/t29-,30-,31+/m1/s1. The van der Waals surface area contributed by atoms with E-state index in [0.717, 1.165) is 0 Å². The van der Waals surface area contributed by atoms with Gasteiger partial charge in [0.05, 0.1) is 20.3 Å². The van der Waals surface area contributed by atoms with Gasteiger partial charge in [-0.15, -0.1) is 0 Å². The molecule has 42 heavy (non-hydrogen) atoms. The Morgan fingerprint density at radius 2 is 1.50 bits per heavy atom. The number of benzene rings is 4. The Hall–Kier alpha value is -5.04. The maximum absolute atomic E-state index is 14.7. The van der Waals surface area contributed by atoms with Crippen LogP contribution in [0.5, 0.6) is 11.5 Å². The van der Waals surface area contributed by atoms with Crippen LogP contribution >= 0.6 is 0 Å². The van der Waals surface area contributed by atoms with Crippen molar-refractivity contribution in [1.82, 2.24) is 0 Å². The van der Waals surface area contributed by atoms with E-state index in [4.69, 9.17) is 9.47 Å². The van der Waals surface area contributed by atoms with Gasteiger partial charge in [0.1, 0.15) is 28.8 Å². The molecule has 208 valence electrons. The van der Waals surface area contributed by atoms with E-state index in [-0.39, 0.29) is 17.3 Å². The number of nitrogens with zero attached hydrogens (tertiary/aromatic N) is 1. The highest BCUT2D eigenvalue weighted by atomic mass is 19.1. The van der Waals surface area contributed by atoms with Crippen molar-refractivity contribution in [2.24, 2.45) is 5.41 Å². The maximum atomic E-state index is 14.7. The van der Waals surface area contributed by atoms with Crippen molar-refractivity contribution in [3.05, 3.63) is 131 Å². The predicted molar refractivity (Wildman–Crippen MR) is 156 cm³/mol. The number of hydrogen-bond donors (Lipinski definition) is 0. The second kappa shape index (κ2) is 9.52. The minimum absolute atomic E-state index is 0.279. The summed E-state index contributed by atoms with van der Waals surface area (Å²) in [7, 11) is 3.08. The zero-order valence-corrected chi connectivity index (χ0v) is 22.9. The summed E-state index contributed by atoms with van der Waals surface area (Å²) >= 11 is 0. The molecule has 0 unspecified atom stereocenters. The number of ketones is 3. The van der Waals surface area contributed by atoms with Crippen LogP contribution in [0.3, 0.4) is 0 Å². The molecule has 1 fully saturated rings. The molecule has 4 aromatic carbocycles. The molecule has 0 saturated carbocycles. The number of fused-ring (bicyclic) bond motifs is 5. The number of carbonyl (C=O) groups excluding carboxylic acids is 3. The van der Waals surface area contributed by atoms with E-state index < -0.39 is 29.2 Å². The average Bonchev–Trinajstić information content (AvgIpc) is 3.46. The van der Waals surface area contributed by atoms with Crippen LogP contribution in [0.25, 0.3) is 6.08 Å². The molecular formula is C35H26FNO5. The SMILES string of the molecule is COc1ccc([C@@H]2[C@@H](C(=O)c3cccc(OC)c3)N3c4ccc(F)cc4C=C[C@@H]3C23C(=O)c2ccccc2C3=O)cc1. The Bertz CT molecular complexity index is 1780. The van der Waals surface area contributed by atoms with E-state index in [2.05, 4.69) is 0 Å². The van der Waals surface area contributed by atoms with Crippen LogP contribution in [-0.2, 0) is 0 Å². The number of Topliss-reactive ketones (excluding diaryl/α,β-unsaturated/α-hetero) is 3. The van der Waals surface area contributed by atoms with Gasteiger partial charge in [-0.2, -0.15) is 0 Å². The van der Waals surface area contributed by atoms with Crippen LogP contribution < -0.4 is 14.4 Å². The van der Waals surface area contributed by atoms with Crippen molar-refractivity contribution >= 4 is 29.1 Å². The number of halogens is 1. The first-order valence-electron chi connectivity index (χ1n) is 13.7. The van der Waals surface area contributed by atoms with Crippen molar-refractivity contribution in [2.45, 2.75) is 18.0 Å². The fourth-order valence-electron chi connectivity index (χ4n) is 7.08. The first-order chi connectivity index (χ1) is 20.4. The summed E-state index contributed by atoms with van der Waals surface area (Å²) in [6.07, 6.45) is 3.52. The van der Waals surface area contributed by atoms with Gasteiger partial charge in [-0.1, -0.05) is 60.7 Å². The van der Waals surface area contributed by atoms with E-state index in [1.54, 1.807) is 86.0 Å². The molecule has 0 bridgehead atoms. The van der Waals surface area contributed by atoms with Gasteiger partial charge in [0.2, 0.25) is 0 Å². The second-order valence-corrected chi connectivity index (χ2v) is 10.8. The summed E-state index contributed by atoms with van der Waals surface area (Å²) < 4.78 is 25.2. The number of rotatable bonds is 5. The van der Waals surface area contributed by atoms with Crippen LogP contribution in [0.4, 0.5) is 10.1 Å². The van der Waals surface area contributed by atoms with Gasteiger partial charge in [-0.05, 0) is 48.0 Å². The van der Waals surface area contributed by atoms with E-state index >= 15 is 0 Å². The Kier molecular flexibility index (Phi) is 5.87. The molecule has 2 heterocycles. The molecule has 0 amide bonds. The number of carbonyl (C=O) groups is 3. The molecule has 2 aliphatic heterocycles. The maximum Gasteiger partial charge on any atom is 0.186 e. The van der Waals surface area contributed by atoms with Crippen LogP contribution in [0.15, 0.2) is 97.1 Å². The van der Waals surface area contributed by atoms with Crippen LogP contribution in [0, 0.1) is 11.2 Å². The van der Waals surface area contributed by atoms with Crippen molar-refractivity contribution < 1.29 is 28.2 Å². The van der Waals surface area contributed by atoms with Gasteiger partial charge >= 0.3 is 0 Å². The molecule has 7 heteroatoms. The van der Waals surface area contributed by atoms with Crippen molar-refractivity contribution in [2.75, 3.05) is 19.1 Å². The Balaban J connectivity index is 1.53. The third-order valence-corrected chi connectivity index (χ3v) is 8.86. The quantitative estimate of drug-likeness (QED) is 0.216. The van der Waals surface area contributed by atoms with Crippen LogP contribution in [0.1, 0.15) is 48.1 Å². The molecule has 0 radical (unpaired) electrons. The van der Waals surface area contributed by atoms with E-state index in [9.17, 15) is 18.8 Å². The minimum Gasteiger partial charge on any atom is -0.497 e. The Morgan fingerprint density at radius 1 is 0.810 bits per heavy atom. The van der Waals surface area contributed by atoms with Gasteiger partial charge in [-0.3, -0.25) is 14.4 Å². The fourth-order valence-corrected chi connectivity index (χ4v) is 7.08. The van der Waals surface area contributed by atoms with Gasteiger partial charge in [0.25, 0.3) is 0 Å². The Labute approximate surface area is 242 Å². The molecular weight excluding hydrogens is 533 g/mol. The fraction of sp³-hybridized carbons (Fsp3) is 0.171. The molecule has 1 aliphatic carbocycles. The molecule has 6 nitrogen and oxygen atoms in total. The first kappa shape index (κ1) is 25.9. The molecule has 1 spiro atoms. The summed E-state index contributed by atoms with van der Waals surface area (Å²) in [5.74, 6) is -1.11. The largest absolute Gasteiger partial charge is 0.497 e. The monoisotopic (exact) mass is 559 g/mol. The van der Waals surface area contributed by atoms with E-state index in [1.807, 2.05) is 17.0 Å². The van der Waals surface area contributed by atoms with Gasteiger partial charge in [0, 0.05) is 33.9 Å². The summed E-state index contributed by atoms with van der Waals surface area (Å²) in [5.41, 5.74) is 1.22.